The van der Waals surface area contributed by atoms with Crippen LogP contribution in [0.3, 0.4) is 0 Å². The van der Waals surface area contributed by atoms with Crippen LogP contribution in [0, 0.1) is 23.7 Å². The normalized spacial score (nSPS) is 33.1. The Bertz CT molecular complexity index is 290. The average molecular weight is 238 g/mol. The van der Waals surface area contributed by atoms with Gasteiger partial charge >= 0.3 is 0 Å². The molecule has 3 nitrogen and oxygen atoms in total. The fraction of sp³-hybridized carbons (Fsp3) is 0.929. The van der Waals surface area contributed by atoms with Crippen LogP contribution in [-0.2, 0) is 4.79 Å². The molecule has 0 aromatic carbocycles. The van der Waals surface area contributed by atoms with Gasteiger partial charge in [0, 0.05) is 13.6 Å². The molecule has 2 aliphatic carbocycles. The zero-order valence-electron chi connectivity index (χ0n) is 11.4. The molecule has 0 aliphatic heterocycles. The first-order chi connectivity index (χ1) is 7.99. The molecule has 17 heavy (non-hydrogen) atoms. The lowest BCUT2D eigenvalue weighted by Gasteiger charge is -2.29. The Morgan fingerprint density at radius 2 is 2.06 bits per heavy atom. The minimum Gasteiger partial charge on any atom is -0.344 e. The largest absolute Gasteiger partial charge is 0.344 e. The van der Waals surface area contributed by atoms with Crippen LogP contribution in [-0.4, -0.2) is 30.4 Å². The van der Waals surface area contributed by atoms with Crippen molar-refractivity contribution in [1.82, 2.24) is 4.90 Å². The second kappa shape index (κ2) is 4.97. The van der Waals surface area contributed by atoms with E-state index < -0.39 is 0 Å². The SMILES string of the molecule is CC(C)[C@@H](N)C(=O)N(C)CC1CC2CCC1C2. The van der Waals surface area contributed by atoms with Crippen LogP contribution in [0.25, 0.3) is 0 Å². The summed E-state index contributed by atoms with van der Waals surface area (Å²) in [5.41, 5.74) is 5.92. The fourth-order valence-electron chi connectivity index (χ4n) is 3.58. The van der Waals surface area contributed by atoms with Crippen molar-refractivity contribution in [2.45, 2.75) is 45.6 Å². The summed E-state index contributed by atoms with van der Waals surface area (Å²) in [6.45, 7) is 4.93. The van der Waals surface area contributed by atoms with Crippen molar-refractivity contribution in [1.29, 1.82) is 0 Å². The summed E-state index contributed by atoms with van der Waals surface area (Å²) in [4.78, 5) is 14.0. The second-order valence-electron chi connectivity index (χ2n) is 6.42. The first kappa shape index (κ1) is 12.9. The van der Waals surface area contributed by atoms with Crippen LogP contribution in [0.4, 0.5) is 0 Å². The molecule has 0 radical (unpaired) electrons. The molecule has 2 bridgehead atoms. The molecule has 4 atom stereocenters. The van der Waals surface area contributed by atoms with Gasteiger partial charge in [-0.1, -0.05) is 20.3 Å². The van der Waals surface area contributed by atoms with E-state index in [1.165, 1.54) is 25.7 Å². The van der Waals surface area contributed by atoms with Crippen molar-refractivity contribution >= 4 is 5.91 Å². The molecule has 98 valence electrons. The third-order valence-corrected chi connectivity index (χ3v) is 4.77. The van der Waals surface area contributed by atoms with E-state index in [2.05, 4.69) is 0 Å². The van der Waals surface area contributed by atoms with Gasteiger partial charge < -0.3 is 10.6 Å². The summed E-state index contributed by atoms with van der Waals surface area (Å²) in [6, 6.07) is -0.335. The molecule has 0 saturated heterocycles. The van der Waals surface area contributed by atoms with E-state index in [-0.39, 0.29) is 17.9 Å². The van der Waals surface area contributed by atoms with Gasteiger partial charge in [-0.3, -0.25) is 4.79 Å². The molecule has 0 aromatic heterocycles. The number of hydrogen-bond acceptors (Lipinski definition) is 2. The minimum atomic E-state index is -0.335. The maximum atomic E-state index is 12.1. The van der Waals surface area contributed by atoms with Crippen LogP contribution in [0.5, 0.6) is 0 Å². The highest BCUT2D eigenvalue weighted by Crippen LogP contribution is 2.48. The first-order valence-corrected chi connectivity index (χ1v) is 6.99. The highest BCUT2D eigenvalue weighted by molar-refractivity contribution is 5.81. The van der Waals surface area contributed by atoms with E-state index in [0.717, 1.165) is 24.3 Å². The molecule has 0 aromatic rings. The van der Waals surface area contributed by atoms with Crippen molar-refractivity contribution in [3.05, 3.63) is 0 Å². The molecule has 2 aliphatic rings. The fourth-order valence-corrected chi connectivity index (χ4v) is 3.58. The smallest absolute Gasteiger partial charge is 0.239 e. The van der Waals surface area contributed by atoms with E-state index in [4.69, 9.17) is 5.73 Å². The van der Waals surface area contributed by atoms with Crippen molar-refractivity contribution < 1.29 is 4.79 Å². The molecule has 2 N–H and O–H groups in total. The summed E-state index contributed by atoms with van der Waals surface area (Å²) < 4.78 is 0. The van der Waals surface area contributed by atoms with Gasteiger partial charge in [0.25, 0.3) is 0 Å². The highest BCUT2D eigenvalue weighted by atomic mass is 16.2. The second-order valence-corrected chi connectivity index (χ2v) is 6.42. The summed E-state index contributed by atoms with van der Waals surface area (Å²) in [7, 11) is 1.91. The number of hydrogen-bond donors (Lipinski definition) is 1. The molecule has 3 heteroatoms. The third kappa shape index (κ3) is 2.65. The lowest BCUT2D eigenvalue weighted by atomic mass is 9.88. The number of carbonyl (C=O) groups excluding carboxylic acids is 1. The molecule has 3 unspecified atom stereocenters. The predicted octanol–water partition coefficient (Wildman–Crippen LogP) is 1.86. The zero-order chi connectivity index (χ0) is 12.6. The molecule has 0 heterocycles. The van der Waals surface area contributed by atoms with Gasteiger partial charge in [0.1, 0.15) is 0 Å². The van der Waals surface area contributed by atoms with E-state index in [1.54, 1.807) is 0 Å². The van der Waals surface area contributed by atoms with Crippen LogP contribution >= 0.6 is 0 Å². The zero-order valence-corrected chi connectivity index (χ0v) is 11.4. The highest BCUT2D eigenvalue weighted by Gasteiger charge is 2.40. The van der Waals surface area contributed by atoms with Crippen LogP contribution < -0.4 is 5.73 Å². The quantitative estimate of drug-likeness (QED) is 0.812. The number of likely N-dealkylation sites (N-methyl/N-ethyl adjacent to an activating group) is 1. The van der Waals surface area contributed by atoms with Gasteiger partial charge in [-0.25, -0.2) is 0 Å². The van der Waals surface area contributed by atoms with Crippen LogP contribution in [0.2, 0.25) is 0 Å². The third-order valence-electron chi connectivity index (χ3n) is 4.77. The van der Waals surface area contributed by atoms with E-state index >= 15 is 0 Å². The number of fused-ring (bicyclic) bond motifs is 2. The van der Waals surface area contributed by atoms with Crippen molar-refractivity contribution in [2.75, 3.05) is 13.6 Å². The van der Waals surface area contributed by atoms with E-state index in [9.17, 15) is 4.79 Å². The lowest BCUT2D eigenvalue weighted by molar-refractivity contribution is -0.133. The van der Waals surface area contributed by atoms with Gasteiger partial charge in [-0.15, -0.1) is 0 Å². The van der Waals surface area contributed by atoms with Crippen molar-refractivity contribution in [2.24, 2.45) is 29.4 Å². The Labute approximate surface area is 105 Å². The molecule has 2 fully saturated rings. The molecule has 2 rings (SSSR count). The maximum Gasteiger partial charge on any atom is 0.239 e. The molecule has 0 spiro atoms. The Morgan fingerprint density at radius 3 is 2.53 bits per heavy atom. The van der Waals surface area contributed by atoms with Gasteiger partial charge in [0.15, 0.2) is 0 Å². The minimum absolute atomic E-state index is 0.114. The van der Waals surface area contributed by atoms with Gasteiger partial charge in [-0.2, -0.15) is 0 Å². The Balaban J connectivity index is 1.85. The maximum absolute atomic E-state index is 12.1. The van der Waals surface area contributed by atoms with Crippen LogP contribution in [0.15, 0.2) is 0 Å². The van der Waals surface area contributed by atoms with E-state index in [0.29, 0.717) is 0 Å². The van der Waals surface area contributed by atoms with Gasteiger partial charge in [0.05, 0.1) is 6.04 Å². The summed E-state index contributed by atoms with van der Waals surface area (Å²) in [5.74, 6) is 2.91. The number of amides is 1. The number of nitrogens with zero attached hydrogens (tertiary/aromatic N) is 1. The van der Waals surface area contributed by atoms with E-state index in [1.807, 2.05) is 25.8 Å². The van der Waals surface area contributed by atoms with Crippen molar-refractivity contribution in [3.63, 3.8) is 0 Å². The molecular formula is C14H26N2O. The van der Waals surface area contributed by atoms with Gasteiger partial charge in [0.2, 0.25) is 5.91 Å². The summed E-state index contributed by atoms with van der Waals surface area (Å²) in [5, 5.41) is 0. The topological polar surface area (TPSA) is 46.3 Å². The Hall–Kier alpha value is -0.570. The first-order valence-electron chi connectivity index (χ1n) is 6.99. The number of rotatable bonds is 4. The Kier molecular flexibility index (Phi) is 3.76. The van der Waals surface area contributed by atoms with Crippen molar-refractivity contribution in [3.8, 4) is 0 Å². The number of carbonyl (C=O) groups is 1. The molecule has 2 saturated carbocycles. The lowest BCUT2D eigenvalue weighted by Crippen LogP contribution is -2.46. The standard InChI is InChI=1S/C14H26N2O/c1-9(2)13(15)14(17)16(3)8-12-7-10-4-5-11(12)6-10/h9-13H,4-8,15H2,1-3H3/t10?,11?,12?,13-/m1/s1. The summed E-state index contributed by atoms with van der Waals surface area (Å²) in [6.07, 6.45) is 5.54. The molecule has 1 amide bonds. The molecular weight excluding hydrogens is 212 g/mol. The summed E-state index contributed by atoms with van der Waals surface area (Å²) >= 11 is 0. The average Bonchev–Trinajstić information content (AvgIpc) is 2.88. The number of nitrogens with two attached hydrogens (primary N) is 1. The Morgan fingerprint density at radius 1 is 1.35 bits per heavy atom. The predicted molar refractivity (Wildman–Crippen MR) is 69.4 cm³/mol. The monoisotopic (exact) mass is 238 g/mol. The van der Waals surface area contributed by atoms with Gasteiger partial charge in [-0.05, 0) is 42.9 Å². The van der Waals surface area contributed by atoms with Crippen LogP contribution in [0.1, 0.15) is 39.5 Å².